The Labute approximate surface area is 150 Å². The third-order valence-corrected chi connectivity index (χ3v) is 4.25. The fourth-order valence-corrected chi connectivity index (χ4v) is 2.95. The summed E-state index contributed by atoms with van der Waals surface area (Å²) < 4.78 is 15.6. The first-order chi connectivity index (χ1) is 12.6. The van der Waals surface area contributed by atoms with Crippen LogP contribution in [0.4, 0.5) is 0 Å². The number of likely N-dealkylation sites (tertiary alicyclic amines) is 1. The molecule has 1 aromatic heterocycles. The number of ketones is 1. The highest BCUT2D eigenvalue weighted by atomic mass is 16.5. The molecule has 1 aliphatic rings. The van der Waals surface area contributed by atoms with Gasteiger partial charge in [0.15, 0.2) is 0 Å². The van der Waals surface area contributed by atoms with E-state index < -0.39 is 17.7 Å². The lowest BCUT2D eigenvalue weighted by atomic mass is 9.99. The number of carbonyl (C=O) groups is 2. The number of aliphatic hydroxyl groups excluding tert-OH is 1. The van der Waals surface area contributed by atoms with Crippen LogP contribution in [0.1, 0.15) is 17.4 Å². The molecule has 26 heavy (non-hydrogen) atoms. The first-order valence-corrected chi connectivity index (χ1v) is 8.03. The van der Waals surface area contributed by atoms with E-state index in [1.54, 1.807) is 36.4 Å². The molecule has 1 aromatic carbocycles. The number of methoxy groups -OCH3 is 2. The van der Waals surface area contributed by atoms with Gasteiger partial charge in [0.25, 0.3) is 11.7 Å². The van der Waals surface area contributed by atoms with Gasteiger partial charge >= 0.3 is 0 Å². The number of Topliss-reactive ketones (excluding diaryl/α,β-unsaturated/α-hetero) is 1. The van der Waals surface area contributed by atoms with Gasteiger partial charge in [-0.15, -0.1) is 0 Å². The van der Waals surface area contributed by atoms with Gasteiger partial charge in [-0.05, 0) is 36.4 Å². The predicted octanol–water partition coefficient (Wildman–Crippen LogP) is 2.36. The zero-order valence-electron chi connectivity index (χ0n) is 14.5. The fourth-order valence-electron chi connectivity index (χ4n) is 2.95. The summed E-state index contributed by atoms with van der Waals surface area (Å²) in [4.78, 5) is 26.4. The number of rotatable bonds is 6. The van der Waals surface area contributed by atoms with Crippen LogP contribution in [0.3, 0.4) is 0 Å². The predicted molar refractivity (Wildman–Crippen MR) is 92.6 cm³/mol. The van der Waals surface area contributed by atoms with E-state index in [0.29, 0.717) is 17.1 Å². The van der Waals surface area contributed by atoms with Crippen molar-refractivity contribution in [2.75, 3.05) is 27.4 Å². The fraction of sp³-hybridized carbons (Fsp3) is 0.263. The molecule has 2 aromatic rings. The highest BCUT2D eigenvalue weighted by Crippen LogP contribution is 2.39. The summed E-state index contributed by atoms with van der Waals surface area (Å²) in [6.45, 7) is 0.457. The molecule has 1 fully saturated rings. The van der Waals surface area contributed by atoms with Gasteiger partial charge in [0.05, 0.1) is 25.6 Å². The summed E-state index contributed by atoms with van der Waals surface area (Å²) >= 11 is 0. The van der Waals surface area contributed by atoms with Crippen LogP contribution in [0.15, 0.2) is 52.7 Å². The van der Waals surface area contributed by atoms with E-state index in [-0.39, 0.29) is 24.5 Å². The minimum Gasteiger partial charge on any atom is -0.507 e. The molecule has 1 aliphatic heterocycles. The number of hydrogen-bond donors (Lipinski definition) is 1. The second-order valence-corrected chi connectivity index (χ2v) is 5.73. The molecule has 0 spiro atoms. The van der Waals surface area contributed by atoms with Crippen LogP contribution in [0.5, 0.6) is 5.75 Å². The van der Waals surface area contributed by atoms with Gasteiger partial charge in [0, 0.05) is 19.2 Å². The number of nitrogens with zero attached hydrogens (tertiary/aromatic N) is 1. The van der Waals surface area contributed by atoms with Crippen LogP contribution in [-0.2, 0) is 14.3 Å². The standard InChI is InChI=1S/C19H19NO6/c1-24-11-9-20-16(14-4-3-10-26-14)15(18(22)19(20)23)17(21)12-5-7-13(25-2)8-6-12/h3-8,10,16,21H,9,11H2,1-2H3/b17-15-. The normalized spacial score (nSPS) is 19.2. The maximum Gasteiger partial charge on any atom is 0.295 e. The molecule has 3 rings (SSSR count). The molecule has 1 unspecified atom stereocenters. The van der Waals surface area contributed by atoms with Crippen molar-refractivity contribution >= 4 is 17.4 Å². The number of carbonyl (C=O) groups excluding carboxylic acids is 2. The molecule has 0 bridgehead atoms. The Morgan fingerprint density at radius 3 is 2.50 bits per heavy atom. The lowest BCUT2D eigenvalue weighted by molar-refractivity contribution is -0.140. The highest BCUT2D eigenvalue weighted by molar-refractivity contribution is 6.46. The lowest BCUT2D eigenvalue weighted by Crippen LogP contribution is -2.32. The summed E-state index contributed by atoms with van der Waals surface area (Å²) in [6, 6.07) is 9.10. The van der Waals surface area contributed by atoms with Crippen molar-refractivity contribution in [3.63, 3.8) is 0 Å². The molecule has 7 nitrogen and oxygen atoms in total. The summed E-state index contributed by atoms with van der Waals surface area (Å²) in [5.74, 6) is -0.693. The summed E-state index contributed by atoms with van der Waals surface area (Å²) in [5.41, 5.74) is 0.401. The number of amides is 1. The quantitative estimate of drug-likeness (QED) is 0.485. The van der Waals surface area contributed by atoms with Crippen molar-refractivity contribution in [2.45, 2.75) is 6.04 Å². The largest absolute Gasteiger partial charge is 0.507 e. The summed E-state index contributed by atoms with van der Waals surface area (Å²) in [7, 11) is 3.04. The SMILES string of the molecule is COCCN1C(=O)C(=O)/C(=C(\O)c2ccc(OC)cc2)C1c1ccco1. The van der Waals surface area contributed by atoms with Gasteiger partial charge < -0.3 is 23.9 Å². The summed E-state index contributed by atoms with van der Waals surface area (Å²) in [5, 5.41) is 10.8. The summed E-state index contributed by atoms with van der Waals surface area (Å²) in [6.07, 6.45) is 1.46. The van der Waals surface area contributed by atoms with Crippen LogP contribution in [0, 0.1) is 0 Å². The first-order valence-electron chi connectivity index (χ1n) is 8.03. The molecule has 0 saturated carbocycles. The van der Waals surface area contributed by atoms with Crippen molar-refractivity contribution in [2.24, 2.45) is 0 Å². The molecule has 1 atom stereocenters. The number of aliphatic hydroxyl groups is 1. The van der Waals surface area contributed by atoms with Crippen molar-refractivity contribution in [1.82, 2.24) is 4.90 Å². The van der Waals surface area contributed by atoms with Gasteiger partial charge in [0.1, 0.15) is 23.3 Å². The van der Waals surface area contributed by atoms with Gasteiger partial charge in [-0.1, -0.05) is 0 Å². The number of furan rings is 1. The molecule has 0 radical (unpaired) electrons. The van der Waals surface area contributed by atoms with E-state index >= 15 is 0 Å². The zero-order valence-corrected chi connectivity index (χ0v) is 14.5. The molecule has 2 heterocycles. The highest BCUT2D eigenvalue weighted by Gasteiger charge is 2.47. The molecule has 7 heteroatoms. The molecular weight excluding hydrogens is 338 g/mol. The Kier molecular flexibility index (Phi) is 5.09. The average molecular weight is 357 g/mol. The van der Waals surface area contributed by atoms with Crippen molar-refractivity contribution in [3.8, 4) is 5.75 Å². The number of ether oxygens (including phenoxy) is 2. The van der Waals surface area contributed by atoms with E-state index in [1.165, 1.54) is 25.4 Å². The third-order valence-electron chi connectivity index (χ3n) is 4.25. The Balaban J connectivity index is 2.09. The molecule has 0 aliphatic carbocycles. The molecule has 1 saturated heterocycles. The van der Waals surface area contributed by atoms with Crippen molar-refractivity contribution in [1.29, 1.82) is 0 Å². The minimum absolute atomic E-state index is 0.00813. The Morgan fingerprint density at radius 1 is 1.19 bits per heavy atom. The van der Waals surface area contributed by atoms with E-state index in [1.807, 2.05) is 0 Å². The van der Waals surface area contributed by atoms with Crippen LogP contribution in [0.25, 0.3) is 5.76 Å². The maximum absolute atomic E-state index is 12.6. The lowest BCUT2D eigenvalue weighted by Gasteiger charge is -2.22. The van der Waals surface area contributed by atoms with E-state index in [9.17, 15) is 14.7 Å². The Bertz CT molecular complexity index is 822. The average Bonchev–Trinajstić information content (AvgIpc) is 3.27. The molecular formula is C19H19NO6. The van der Waals surface area contributed by atoms with Crippen LogP contribution >= 0.6 is 0 Å². The van der Waals surface area contributed by atoms with Crippen LogP contribution in [0.2, 0.25) is 0 Å². The van der Waals surface area contributed by atoms with Gasteiger partial charge in [-0.25, -0.2) is 0 Å². The van der Waals surface area contributed by atoms with Gasteiger partial charge in [0.2, 0.25) is 0 Å². The number of benzene rings is 1. The zero-order chi connectivity index (χ0) is 18.7. The van der Waals surface area contributed by atoms with Gasteiger partial charge in [-0.3, -0.25) is 9.59 Å². The van der Waals surface area contributed by atoms with Crippen LogP contribution in [-0.4, -0.2) is 49.1 Å². The van der Waals surface area contributed by atoms with E-state index in [2.05, 4.69) is 0 Å². The van der Waals surface area contributed by atoms with Gasteiger partial charge in [-0.2, -0.15) is 0 Å². The third kappa shape index (κ3) is 3.09. The van der Waals surface area contributed by atoms with Crippen molar-refractivity contribution in [3.05, 3.63) is 59.6 Å². The maximum atomic E-state index is 12.6. The van der Waals surface area contributed by atoms with Crippen LogP contribution < -0.4 is 4.74 Å². The monoisotopic (exact) mass is 357 g/mol. The van der Waals surface area contributed by atoms with Crippen molar-refractivity contribution < 1.29 is 28.6 Å². The minimum atomic E-state index is -0.803. The second-order valence-electron chi connectivity index (χ2n) is 5.73. The smallest absolute Gasteiger partial charge is 0.295 e. The topological polar surface area (TPSA) is 89.2 Å². The molecule has 1 N–H and O–H groups in total. The van der Waals surface area contributed by atoms with E-state index in [4.69, 9.17) is 13.9 Å². The first kappa shape index (κ1) is 17.8. The molecule has 1 amide bonds. The van der Waals surface area contributed by atoms with E-state index in [0.717, 1.165) is 0 Å². The second kappa shape index (κ2) is 7.45. The number of hydrogen-bond acceptors (Lipinski definition) is 6. The Morgan fingerprint density at radius 2 is 1.92 bits per heavy atom. The molecule has 136 valence electrons. The Hall–Kier alpha value is -3.06.